The minimum atomic E-state index is 0.988. The lowest BCUT2D eigenvalue weighted by Crippen LogP contribution is -1.90. The molecule has 0 aliphatic rings. The number of nitrogens with zero attached hydrogens (tertiary/aromatic N) is 2. The van der Waals surface area contributed by atoms with E-state index >= 15 is 0 Å². The summed E-state index contributed by atoms with van der Waals surface area (Å²) in [6.45, 7) is 0. The molecule has 0 aliphatic heterocycles. The first-order valence-corrected chi connectivity index (χ1v) is 8.29. The van der Waals surface area contributed by atoms with Gasteiger partial charge < -0.3 is 0 Å². The molecule has 20 heavy (non-hydrogen) atoms. The van der Waals surface area contributed by atoms with Crippen LogP contribution in [0.3, 0.4) is 0 Å². The first-order chi connectivity index (χ1) is 9.86. The van der Waals surface area contributed by atoms with Gasteiger partial charge in [0.2, 0.25) is 0 Å². The van der Waals surface area contributed by atoms with Gasteiger partial charge in [0.25, 0.3) is 0 Å². The van der Waals surface area contributed by atoms with Gasteiger partial charge in [-0.25, -0.2) is 4.99 Å². The molecule has 0 amide bonds. The molecule has 1 heterocycles. The zero-order valence-corrected chi connectivity index (χ0v) is 12.7. The Morgan fingerprint density at radius 3 is 2.25 bits per heavy atom. The van der Waals surface area contributed by atoms with Crippen LogP contribution in [0.1, 0.15) is 0 Å². The number of para-hydroxylation sites is 2. The molecule has 100 valence electrons. The van der Waals surface area contributed by atoms with Crippen molar-refractivity contribution in [3.05, 3.63) is 71.4 Å². The number of hydrogen-bond acceptors (Lipinski definition) is 3. The topological polar surface area (TPSA) is 17.3 Å². The first-order valence-electron chi connectivity index (χ1n) is 6.29. The standard InChI is InChI=1S/C16H14N2S2/c1-19-16-12-15(17-13-8-4-2-5-9-13)20-18(16)14-10-6-3-7-11-14/h2-12H,1H3. The predicted molar refractivity (Wildman–Crippen MR) is 87.1 cm³/mol. The van der Waals surface area contributed by atoms with Gasteiger partial charge in [0.1, 0.15) is 4.67 Å². The van der Waals surface area contributed by atoms with E-state index < -0.39 is 0 Å². The van der Waals surface area contributed by atoms with Crippen LogP contribution in [0.15, 0.2) is 76.7 Å². The lowest BCUT2D eigenvalue weighted by atomic mass is 10.3. The predicted octanol–water partition coefficient (Wildman–Crippen LogP) is 4.49. The van der Waals surface area contributed by atoms with Gasteiger partial charge in [0.15, 0.2) is 0 Å². The largest absolute Gasteiger partial charge is 0.258 e. The Morgan fingerprint density at radius 1 is 0.950 bits per heavy atom. The van der Waals surface area contributed by atoms with Crippen LogP contribution in [0.5, 0.6) is 0 Å². The molecular weight excluding hydrogens is 284 g/mol. The van der Waals surface area contributed by atoms with Crippen molar-refractivity contribution in [3.63, 3.8) is 0 Å². The summed E-state index contributed by atoms with van der Waals surface area (Å²) in [4.78, 5) is 4.68. The molecule has 0 bridgehead atoms. The molecular formula is C16H14N2S2. The van der Waals surface area contributed by atoms with Crippen molar-refractivity contribution in [1.29, 1.82) is 0 Å². The Hall–Kier alpha value is -1.78. The van der Waals surface area contributed by atoms with Gasteiger partial charge in [-0.3, -0.25) is 3.96 Å². The minimum Gasteiger partial charge on any atom is -0.258 e. The Kier molecular flexibility index (Phi) is 4.04. The molecule has 3 rings (SSSR count). The number of hydrogen-bond donors (Lipinski definition) is 0. The molecule has 1 aromatic heterocycles. The second-order valence-corrected chi connectivity index (χ2v) is 5.99. The number of aromatic nitrogens is 1. The third kappa shape index (κ3) is 2.86. The highest BCUT2D eigenvalue weighted by Gasteiger charge is 2.05. The van der Waals surface area contributed by atoms with E-state index in [2.05, 4.69) is 45.5 Å². The van der Waals surface area contributed by atoms with E-state index in [9.17, 15) is 0 Å². The Labute approximate surface area is 126 Å². The van der Waals surface area contributed by atoms with E-state index in [1.807, 2.05) is 36.4 Å². The fraction of sp³-hybridized carbons (Fsp3) is 0.0625. The van der Waals surface area contributed by atoms with Crippen molar-refractivity contribution in [3.8, 4) is 5.69 Å². The summed E-state index contributed by atoms with van der Waals surface area (Å²) in [6, 6.07) is 22.6. The van der Waals surface area contributed by atoms with Crippen LogP contribution in [0.2, 0.25) is 0 Å². The molecule has 0 unspecified atom stereocenters. The van der Waals surface area contributed by atoms with Gasteiger partial charge >= 0.3 is 0 Å². The maximum absolute atomic E-state index is 4.68. The summed E-state index contributed by atoms with van der Waals surface area (Å²) in [6.07, 6.45) is 2.09. The van der Waals surface area contributed by atoms with Crippen molar-refractivity contribution in [2.75, 3.05) is 6.26 Å². The van der Waals surface area contributed by atoms with Gasteiger partial charge in [-0.15, -0.1) is 11.8 Å². The van der Waals surface area contributed by atoms with E-state index in [0.717, 1.165) is 10.4 Å². The number of rotatable bonds is 3. The summed E-state index contributed by atoms with van der Waals surface area (Å²) in [5.41, 5.74) is 2.16. The van der Waals surface area contributed by atoms with Gasteiger partial charge in [-0.2, -0.15) is 0 Å². The second kappa shape index (κ2) is 6.11. The highest BCUT2D eigenvalue weighted by Crippen LogP contribution is 2.21. The van der Waals surface area contributed by atoms with E-state index in [4.69, 9.17) is 0 Å². The third-order valence-electron chi connectivity index (χ3n) is 2.83. The Bertz CT molecular complexity index is 743. The van der Waals surface area contributed by atoms with Crippen LogP contribution in [0, 0.1) is 0 Å². The van der Waals surface area contributed by atoms with Crippen LogP contribution < -0.4 is 4.67 Å². The molecule has 0 radical (unpaired) electrons. The quantitative estimate of drug-likeness (QED) is 0.651. The maximum Gasteiger partial charge on any atom is 0.136 e. The van der Waals surface area contributed by atoms with Crippen molar-refractivity contribution >= 4 is 29.0 Å². The molecule has 0 fully saturated rings. The summed E-state index contributed by atoms with van der Waals surface area (Å²) in [5, 5.41) is 1.20. The molecule has 0 N–H and O–H groups in total. The van der Waals surface area contributed by atoms with Gasteiger partial charge in [0, 0.05) is 6.07 Å². The van der Waals surface area contributed by atoms with Crippen LogP contribution in [0.25, 0.3) is 5.69 Å². The van der Waals surface area contributed by atoms with Gasteiger partial charge in [-0.05, 0) is 42.1 Å². The van der Waals surface area contributed by atoms with Gasteiger partial charge in [0.05, 0.1) is 16.4 Å². The maximum atomic E-state index is 4.68. The van der Waals surface area contributed by atoms with Crippen molar-refractivity contribution in [1.82, 2.24) is 3.96 Å². The Morgan fingerprint density at radius 2 is 1.60 bits per heavy atom. The molecule has 0 spiro atoms. The monoisotopic (exact) mass is 298 g/mol. The lowest BCUT2D eigenvalue weighted by Gasteiger charge is -2.04. The first kappa shape index (κ1) is 13.2. The average molecular weight is 298 g/mol. The summed E-state index contributed by atoms with van der Waals surface area (Å²) in [5.74, 6) is 0. The normalized spacial score (nSPS) is 11.8. The molecule has 0 saturated carbocycles. The fourth-order valence-corrected chi connectivity index (χ4v) is 3.67. The zero-order chi connectivity index (χ0) is 13.8. The summed E-state index contributed by atoms with van der Waals surface area (Å²) >= 11 is 3.40. The third-order valence-corrected chi connectivity index (χ3v) is 4.65. The number of benzene rings is 2. The molecule has 2 nitrogen and oxygen atoms in total. The smallest absolute Gasteiger partial charge is 0.136 e. The molecule has 3 aromatic rings. The summed E-state index contributed by atoms with van der Waals surface area (Å²) < 4.78 is 3.23. The van der Waals surface area contributed by atoms with Crippen LogP contribution >= 0.6 is 23.3 Å². The molecule has 0 atom stereocenters. The van der Waals surface area contributed by atoms with Crippen molar-refractivity contribution < 1.29 is 0 Å². The lowest BCUT2D eigenvalue weighted by molar-refractivity contribution is 1.05. The second-order valence-electron chi connectivity index (χ2n) is 4.19. The highest BCUT2D eigenvalue weighted by molar-refractivity contribution is 7.98. The van der Waals surface area contributed by atoms with E-state index in [1.54, 1.807) is 23.3 Å². The molecule has 0 aliphatic carbocycles. The van der Waals surface area contributed by atoms with Crippen LogP contribution in [-0.4, -0.2) is 10.2 Å². The summed E-state index contributed by atoms with van der Waals surface area (Å²) in [7, 11) is 0. The van der Waals surface area contributed by atoms with Crippen LogP contribution in [0.4, 0.5) is 5.69 Å². The van der Waals surface area contributed by atoms with Crippen LogP contribution in [-0.2, 0) is 0 Å². The molecule has 2 aromatic carbocycles. The van der Waals surface area contributed by atoms with Crippen molar-refractivity contribution in [2.24, 2.45) is 4.99 Å². The minimum absolute atomic E-state index is 0.988. The van der Waals surface area contributed by atoms with E-state index in [-0.39, 0.29) is 0 Å². The highest BCUT2D eigenvalue weighted by atomic mass is 32.2. The molecule has 4 heteroatoms. The fourth-order valence-electron chi connectivity index (χ4n) is 1.90. The van der Waals surface area contributed by atoms with Gasteiger partial charge in [-0.1, -0.05) is 36.4 Å². The SMILES string of the molecule is CSc1cc(=Nc2ccccc2)sn1-c1ccccc1. The van der Waals surface area contributed by atoms with E-state index in [0.29, 0.717) is 0 Å². The Balaban J connectivity index is 2.08. The van der Waals surface area contributed by atoms with Crippen molar-refractivity contribution in [2.45, 2.75) is 5.03 Å². The zero-order valence-electron chi connectivity index (χ0n) is 11.1. The van der Waals surface area contributed by atoms with E-state index in [1.165, 1.54) is 10.7 Å². The number of thioether (sulfide) groups is 1. The molecule has 0 saturated heterocycles. The average Bonchev–Trinajstić information content (AvgIpc) is 2.92.